The first kappa shape index (κ1) is 25.6. The zero-order chi connectivity index (χ0) is 22.1. The maximum absolute atomic E-state index is 4.21. The van der Waals surface area contributed by atoms with Gasteiger partial charge >= 0.3 is 14.4 Å². The topological polar surface area (TPSA) is 12.0 Å². The van der Waals surface area contributed by atoms with E-state index in [2.05, 4.69) is 106 Å². The van der Waals surface area contributed by atoms with E-state index in [4.69, 9.17) is 0 Å². The lowest BCUT2D eigenvalue weighted by atomic mass is 9.74. The highest BCUT2D eigenvalue weighted by Gasteiger charge is 2.31. The van der Waals surface area contributed by atoms with Crippen molar-refractivity contribution in [3.8, 4) is 0 Å². The summed E-state index contributed by atoms with van der Waals surface area (Å²) < 4.78 is 4.21. The van der Waals surface area contributed by atoms with Crippen molar-refractivity contribution in [3.05, 3.63) is 28.8 Å². The highest BCUT2D eigenvalue weighted by molar-refractivity contribution is 6.62. The summed E-state index contributed by atoms with van der Waals surface area (Å²) in [6, 6.07) is 4.99. The second-order valence-corrected chi connectivity index (χ2v) is 15.4. The third-order valence-corrected chi connectivity index (χ3v) is 9.20. The molecule has 0 heterocycles. The summed E-state index contributed by atoms with van der Waals surface area (Å²) in [6.07, 6.45) is 0. The fourth-order valence-corrected chi connectivity index (χ4v) is 7.39. The zero-order valence-electron chi connectivity index (χ0n) is 21.3. The SMILES string of the molecule is CC(C)[CH2][Al]([CH2]C(C)C)[NH]c1c(C(C)(C)C)cc(C(C)(C)C)cc1C(C)(C)C. The van der Waals surface area contributed by atoms with E-state index < -0.39 is 14.4 Å². The third kappa shape index (κ3) is 7.42. The van der Waals surface area contributed by atoms with Gasteiger partial charge in [0.05, 0.1) is 0 Å². The van der Waals surface area contributed by atoms with Gasteiger partial charge in [-0.05, 0) is 32.9 Å². The molecule has 0 spiro atoms. The molecule has 0 aliphatic rings. The number of anilines is 1. The average molecular weight is 402 g/mol. The Balaban J connectivity index is 3.69. The van der Waals surface area contributed by atoms with Crippen LogP contribution in [0.2, 0.25) is 10.6 Å². The summed E-state index contributed by atoms with van der Waals surface area (Å²) in [6.45, 7) is 30.7. The van der Waals surface area contributed by atoms with Crippen molar-refractivity contribution in [2.45, 2.75) is 117 Å². The van der Waals surface area contributed by atoms with Gasteiger partial charge in [-0.15, -0.1) is 0 Å². The maximum Gasteiger partial charge on any atom is 0.411 e. The first-order valence-electron chi connectivity index (χ1n) is 11.4. The molecule has 0 amide bonds. The maximum atomic E-state index is 4.21. The van der Waals surface area contributed by atoms with Gasteiger partial charge in [-0.25, -0.2) is 0 Å². The minimum atomic E-state index is -1.08. The van der Waals surface area contributed by atoms with Crippen molar-refractivity contribution >= 4 is 20.1 Å². The van der Waals surface area contributed by atoms with Crippen LogP contribution in [0.5, 0.6) is 0 Å². The van der Waals surface area contributed by atoms with Crippen LogP contribution < -0.4 is 4.30 Å². The summed E-state index contributed by atoms with van der Waals surface area (Å²) in [5.41, 5.74) is 6.30. The second kappa shape index (κ2) is 9.14. The molecule has 1 aromatic rings. The molecule has 0 aromatic heterocycles. The zero-order valence-corrected chi connectivity index (χ0v) is 22.5. The van der Waals surface area contributed by atoms with Crippen LogP contribution in [0.1, 0.15) is 107 Å². The first-order valence-corrected chi connectivity index (χ1v) is 13.6. The lowest BCUT2D eigenvalue weighted by Gasteiger charge is -2.35. The Morgan fingerprint density at radius 3 is 1.29 bits per heavy atom. The highest BCUT2D eigenvalue weighted by Crippen LogP contribution is 2.42. The normalized spacial score (nSPS) is 13.4. The van der Waals surface area contributed by atoms with Crippen molar-refractivity contribution in [2.75, 3.05) is 4.30 Å². The van der Waals surface area contributed by atoms with Crippen LogP contribution in [-0.4, -0.2) is 14.4 Å². The van der Waals surface area contributed by atoms with E-state index in [1.807, 2.05) is 0 Å². The predicted molar refractivity (Wildman–Crippen MR) is 131 cm³/mol. The van der Waals surface area contributed by atoms with Gasteiger partial charge in [-0.3, -0.25) is 0 Å². The van der Waals surface area contributed by atoms with Crippen LogP contribution in [0.3, 0.4) is 0 Å². The van der Waals surface area contributed by atoms with Gasteiger partial charge in [0.2, 0.25) is 0 Å². The van der Waals surface area contributed by atoms with Crippen molar-refractivity contribution in [3.63, 3.8) is 0 Å². The summed E-state index contributed by atoms with van der Waals surface area (Å²) in [5.74, 6) is 1.51. The van der Waals surface area contributed by atoms with Crippen LogP contribution in [-0.2, 0) is 16.2 Å². The molecule has 0 radical (unpaired) electrons. The molecule has 0 unspecified atom stereocenters. The molecule has 1 rings (SSSR count). The molecule has 0 aliphatic carbocycles. The van der Waals surface area contributed by atoms with E-state index in [9.17, 15) is 0 Å². The van der Waals surface area contributed by atoms with Gasteiger partial charge < -0.3 is 4.30 Å². The van der Waals surface area contributed by atoms with Gasteiger partial charge in [0.25, 0.3) is 0 Å². The van der Waals surface area contributed by atoms with E-state index >= 15 is 0 Å². The van der Waals surface area contributed by atoms with E-state index in [0.717, 1.165) is 11.8 Å². The molecule has 1 N–H and O–H groups in total. The predicted octanol–water partition coefficient (Wildman–Crippen LogP) is 8.29. The average Bonchev–Trinajstić information content (AvgIpc) is 2.41. The second-order valence-electron chi connectivity index (χ2n) is 12.8. The molecule has 160 valence electrons. The number of nitrogens with one attached hydrogen (secondary N) is 1. The number of benzene rings is 1. The van der Waals surface area contributed by atoms with Crippen LogP contribution >= 0.6 is 0 Å². The minimum absolute atomic E-state index is 0.123. The number of hydrogen-bond acceptors (Lipinski definition) is 1. The van der Waals surface area contributed by atoms with Gasteiger partial charge in [0.1, 0.15) is 0 Å². The first-order chi connectivity index (χ1) is 12.4. The van der Waals surface area contributed by atoms with Crippen molar-refractivity contribution in [2.24, 2.45) is 11.8 Å². The number of rotatable bonds is 6. The molecule has 0 saturated carbocycles. The third-order valence-electron chi connectivity index (χ3n) is 5.48. The molecule has 28 heavy (non-hydrogen) atoms. The number of hydrogen-bond donors (Lipinski definition) is 1. The Bertz CT molecular complexity index is 591. The smallest absolute Gasteiger partial charge is 0.411 e. The van der Waals surface area contributed by atoms with Crippen molar-refractivity contribution in [1.82, 2.24) is 0 Å². The Morgan fingerprint density at radius 2 is 1.04 bits per heavy atom. The van der Waals surface area contributed by atoms with Crippen LogP contribution in [0.25, 0.3) is 0 Å². The van der Waals surface area contributed by atoms with Crippen molar-refractivity contribution in [1.29, 1.82) is 0 Å². The Kier molecular flexibility index (Phi) is 8.35. The quantitative estimate of drug-likeness (QED) is 0.473. The van der Waals surface area contributed by atoms with Crippen molar-refractivity contribution < 1.29 is 0 Å². The van der Waals surface area contributed by atoms with E-state index in [0.29, 0.717) is 0 Å². The molecule has 0 bridgehead atoms. The lowest BCUT2D eigenvalue weighted by Crippen LogP contribution is -2.32. The summed E-state index contributed by atoms with van der Waals surface area (Å²) >= 11 is -1.08. The fraction of sp³-hybridized carbons (Fsp3) is 0.769. The Morgan fingerprint density at radius 1 is 0.679 bits per heavy atom. The van der Waals surface area contributed by atoms with Gasteiger partial charge in [0.15, 0.2) is 0 Å². The monoisotopic (exact) mass is 401 g/mol. The molecule has 1 nitrogen and oxygen atoms in total. The largest absolute Gasteiger partial charge is 0.476 e. The van der Waals surface area contributed by atoms with Gasteiger partial charge in [0, 0.05) is 5.69 Å². The van der Waals surface area contributed by atoms with Gasteiger partial charge in [-0.1, -0.05) is 125 Å². The fourth-order valence-electron chi connectivity index (χ4n) is 3.97. The summed E-state index contributed by atoms with van der Waals surface area (Å²) in [5, 5.41) is 2.71. The lowest BCUT2D eigenvalue weighted by molar-refractivity contribution is 0.551. The van der Waals surface area contributed by atoms with Crippen LogP contribution in [0.15, 0.2) is 12.1 Å². The Labute approximate surface area is 181 Å². The summed E-state index contributed by atoms with van der Waals surface area (Å²) in [4.78, 5) is 0. The van der Waals surface area contributed by atoms with E-state index in [1.54, 1.807) is 0 Å². The molecule has 0 aliphatic heterocycles. The minimum Gasteiger partial charge on any atom is -0.476 e. The van der Waals surface area contributed by atoms with Crippen LogP contribution in [0.4, 0.5) is 5.69 Å². The molecule has 0 fully saturated rings. The van der Waals surface area contributed by atoms with Crippen LogP contribution in [0, 0.1) is 11.8 Å². The van der Waals surface area contributed by atoms with E-state index in [-0.39, 0.29) is 16.2 Å². The molecule has 0 atom stereocenters. The molecule has 0 saturated heterocycles. The Hall–Kier alpha value is -0.448. The molecule has 2 heteroatoms. The highest BCUT2D eigenvalue weighted by atomic mass is 27.2. The molecular weight excluding hydrogens is 353 g/mol. The molecular formula is C26H48AlN. The molecule has 1 aromatic carbocycles. The van der Waals surface area contributed by atoms with Gasteiger partial charge in [-0.2, -0.15) is 0 Å². The standard InChI is InChI=1S/C18H30N.2C4H9.Al/c1-16(2,3)12-10-13(17(4,5)6)15(19)14(11-12)18(7,8)9;2*1-4(2)3;/h10-11,19H,1-9H3;2*4H,1H2,2-3H3;/q-1;;;+1. The summed E-state index contributed by atoms with van der Waals surface area (Å²) in [7, 11) is 0. The van der Waals surface area contributed by atoms with E-state index in [1.165, 1.54) is 32.9 Å².